The Balaban J connectivity index is 1.84. The summed E-state index contributed by atoms with van der Waals surface area (Å²) in [6.07, 6.45) is 2.02. The van der Waals surface area contributed by atoms with Crippen molar-refractivity contribution in [2.75, 3.05) is 43.6 Å². The van der Waals surface area contributed by atoms with Crippen LogP contribution >= 0.6 is 35.1 Å². The van der Waals surface area contributed by atoms with Crippen LogP contribution in [-0.2, 0) is 25.2 Å². The number of anilines is 1. The van der Waals surface area contributed by atoms with Crippen molar-refractivity contribution < 1.29 is 22.7 Å². The van der Waals surface area contributed by atoms with Crippen LogP contribution in [0.25, 0.3) is 0 Å². The average molecular weight is 688 g/mol. The highest BCUT2D eigenvalue weighted by molar-refractivity contribution is 8.01. The molecule has 0 spiro atoms. The van der Waals surface area contributed by atoms with Crippen LogP contribution in [0.1, 0.15) is 44.2 Å². The topological polar surface area (TPSA) is 87.2 Å². The van der Waals surface area contributed by atoms with Gasteiger partial charge in [0, 0.05) is 46.6 Å². The third-order valence-corrected chi connectivity index (χ3v) is 12.2. The van der Waals surface area contributed by atoms with Gasteiger partial charge in [-0.2, -0.15) is 0 Å². The van der Waals surface area contributed by atoms with Crippen LogP contribution in [0, 0.1) is 0 Å². The van der Waals surface area contributed by atoms with Crippen LogP contribution in [0.5, 0.6) is 5.75 Å². The van der Waals surface area contributed by atoms with Crippen molar-refractivity contribution >= 4 is 62.6 Å². The minimum Gasteiger partial charge on any atom is -0.496 e. The number of para-hydroxylation sites is 1. The lowest BCUT2D eigenvalue weighted by Gasteiger charge is -2.47. The summed E-state index contributed by atoms with van der Waals surface area (Å²) in [7, 11) is 0.455. The van der Waals surface area contributed by atoms with Gasteiger partial charge in [-0.1, -0.05) is 50.1 Å². The van der Waals surface area contributed by atoms with E-state index in [9.17, 15) is 13.2 Å². The molecule has 0 radical (unpaired) electrons. The van der Waals surface area contributed by atoms with Crippen molar-refractivity contribution in [2.24, 2.45) is 0 Å². The number of carbonyl (C=O) groups excluding carboxylic acids is 2. The molecule has 0 bridgehead atoms. The maximum atomic E-state index is 15.4. The molecule has 0 N–H and O–H groups in total. The minimum atomic E-state index is -4.44. The van der Waals surface area contributed by atoms with Gasteiger partial charge in [-0.05, 0) is 66.8 Å². The summed E-state index contributed by atoms with van der Waals surface area (Å²) < 4.78 is 36.5. The molecule has 12 heteroatoms. The highest BCUT2D eigenvalue weighted by atomic mass is 35.5. The van der Waals surface area contributed by atoms with Crippen molar-refractivity contribution in [1.82, 2.24) is 9.80 Å². The summed E-state index contributed by atoms with van der Waals surface area (Å²) in [6.45, 7) is 4.39. The number of piperidine rings is 1. The fourth-order valence-corrected chi connectivity index (χ4v) is 10.1. The Kier molecular flexibility index (Phi) is 10.2. The number of benzene rings is 3. The lowest BCUT2D eigenvalue weighted by Crippen LogP contribution is -2.62. The summed E-state index contributed by atoms with van der Waals surface area (Å²) in [6, 6.07) is 16.5. The highest BCUT2D eigenvalue weighted by Crippen LogP contribution is 2.55. The number of fused-ring (bicyclic) bond motifs is 1. The zero-order chi connectivity index (χ0) is 32.5. The first-order valence-corrected chi connectivity index (χ1v) is 18.7. The Morgan fingerprint density at radius 2 is 1.76 bits per heavy atom. The zero-order valence-electron chi connectivity index (χ0n) is 26.1. The van der Waals surface area contributed by atoms with E-state index in [1.807, 2.05) is 24.8 Å². The molecule has 45 heavy (non-hydrogen) atoms. The number of hydrogen-bond donors (Lipinski definition) is 0. The van der Waals surface area contributed by atoms with E-state index >= 15 is 4.79 Å². The number of methoxy groups -OCH3 is 1. The Morgan fingerprint density at radius 1 is 1.02 bits per heavy atom. The largest absolute Gasteiger partial charge is 0.496 e. The highest BCUT2D eigenvalue weighted by Gasteiger charge is 2.62. The predicted molar refractivity (Wildman–Crippen MR) is 182 cm³/mol. The van der Waals surface area contributed by atoms with E-state index in [1.165, 1.54) is 23.8 Å². The van der Waals surface area contributed by atoms with Gasteiger partial charge in [0.05, 0.1) is 18.8 Å². The number of rotatable bonds is 10. The summed E-state index contributed by atoms with van der Waals surface area (Å²) in [5, 5.41) is 0.343. The summed E-state index contributed by atoms with van der Waals surface area (Å²) in [5.41, 5.74) is -0.659. The molecule has 1 unspecified atom stereocenters. The molecule has 2 atom stereocenters. The number of nitrogens with zero attached hydrogens (tertiary/aromatic N) is 3. The monoisotopic (exact) mass is 687 g/mol. The molecule has 1 saturated heterocycles. The average Bonchev–Trinajstić information content (AvgIpc) is 3.29. The van der Waals surface area contributed by atoms with E-state index in [0.29, 0.717) is 45.5 Å². The Bertz CT molecular complexity index is 1720. The number of carbonyl (C=O) groups is 2. The van der Waals surface area contributed by atoms with Gasteiger partial charge in [0.1, 0.15) is 10.6 Å². The fourth-order valence-electron chi connectivity index (χ4n) is 6.43. The Labute approximate surface area is 279 Å². The maximum Gasteiger partial charge on any atom is 0.272 e. The van der Waals surface area contributed by atoms with Gasteiger partial charge in [0.15, 0.2) is 5.54 Å². The van der Waals surface area contributed by atoms with Gasteiger partial charge in [0.2, 0.25) is 5.91 Å². The number of halogens is 1. The van der Waals surface area contributed by atoms with Gasteiger partial charge in [-0.25, -0.2) is 12.7 Å². The number of sulfonamides is 1. The van der Waals surface area contributed by atoms with E-state index in [2.05, 4.69) is 0 Å². The van der Waals surface area contributed by atoms with Gasteiger partial charge in [0.25, 0.3) is 15.9 Å². The molecule has 240 valence electrons. The first kappa shape index (κ1) is 33.7. The Hall–Kier alpha value is -2.70. The smallest absolute Gasteiger partial charge is 0.272 e. The molecule has 2 aliphatic heterocycles. The zero-order valence-corrected chi connectivity index (χ0v) is 29.3. The molecule has 2 aliphatic rings. The minimum absolute atomic E-state index is 0.0550. The fraction of sp³-hybridized carbons (Fsp3) is 0.394. The molecular formula is C33H38ClN3O5S3. The standard InChI is InChI=1S/C33H38ClN3O5S3/c1-6-43-23-16-18-30(29(21-23)44-7-2)45(40,41)37-26-17-15-22(34)20-25(26)33(32(37)39,24-12-8-9-14-28(24)42-5)36-19-11-10-13-27(36)31(38)35(3)4/h8-9,12,14-18,20-21,27H,6-7,10-11,13,19H2,1-5H3/t27-,33?/m0/s1. The van der Waals surface area contributed by atoms with Crippen LogP contribution in [-0.4, -0.2) is 75.3 Å². The van der Waals surface area contributed by atoms with Crippen LogP contribution in [0.15, 0.2) is 75.4 Å². The quantitative estimate of drug-likeness (QED) is 0.224. The second-order valence-corrected chi connectivity index (χ2v) is 15.9. The van der Waals surface area contributed by atoms with Gasteiger partial charge >= 0.3 is 0 Å². The van der Waals surface area contributed by atoms with Gasteiger partial charge in [-0.15, -0.1) is 23.5 Å². The van der Waals surface area contributed by atoms with Gasteiger partial charge < -0.3 is 9.64 Å². The molecule has 3 aromatic carbocycles. The molecule has 0 saturated carbocycles. The summed E-state index contributed by atoms with van der Waals surface area (Å²) >= 11 is 9.67. The lowest BCUT2D eigenvalue weighted by atomic mass is 9.78. The van der Waals surface area contributed by atoms with Crippen molar-refractivity contribution in [3.05, 3.63) is 76.8 Å². The molecule has 8 nitrogen and oxygen atoms in total. The van der Waals surface area contributed by atoms with E-state index in [-0.39, 0.29) is 16.5 Å². The molecular weight excluding hydrogens is 650 g/mol. The summed E-state index contributed by atoms with van der Waals surface area (Å²) in [5.74, 6) is 1.04. The first-order valence-electron chi connectivity index (χ1n) is 14.9. The van der Waals surface area contributed by atoms with Crippen LogP contribution < -0.4 is 9.04 Å². The van der Waals surface area contributed by atoms with Crippen LogP contribution in [0.3, 0.4) is 0 Å². The number of likely N-dealkylation sites (tertiary alicyclic amines) is 1. The molecule has 3 aromatic rings. The molecule has 0 aromatic heterocycles. The second-order valence-electron chi connectivity index (χ2n) is 11.1. The number of likely N-dealkylation sites (N-methyl/N-ethyl adjacent to an activating group) is 1. The van der Waals surface area contributed by atoms with Crippen molar-refractivity contribution in [1.29, 1.82) is 0 Å². The normalized spacial score (nSPS) is 20.3. The third kappa shape index (κ3) is 5.75. The van der Waals surface area contributed by atoms with Crippen molar-refractivity contribution in [2.45, 2.75) is 59.4 Å². The van der Waals surface area contributed by atoms with Gasteiger partial charge in [-0.3, -0.25) is 14.5 Å². The number of amides is 2. The predicted octanol–water partition coefficient (Wildman–Crippen LogP) is 6.49. The number of ether oxygens (including phenoxy) is 1. The number of thioether (sulfide) groups is 2. The molecule has 0 aliphatic carbocycles. The first-order chi connectivity index (χ1) is 21.5. The van der Waals surface area contributed by atoms with E-state index in [4.69, 9.17) is 16.3 Å². The second kappa shape index (κ2) is 13.6. The maximum absolute atomic E-state index is 15.4. The molecule has 5 rings (SSSR count). The van der Waals surface area contributed by atoms with E-state index < -0.39 is 27.5 Å². The lowest BCUT2D eigenvalue weighted by molar-refractivity contribution is -0.142. The number of hydrogen-bond acceptors (Lipinski definition) is 8. The van der Waals surface area contributed by atoms with E-state index in [1.54, 1.807) is 80.5 Å². The molecule has 1 fully saturated rings. The SMILES string of the molecule is CCSc1ccc(S(=O)(=O)N2C(=O)C(c3ccccc3OC)(N3CCCC[C@H]3C(=O)N(C)C)c3cc(Cl)ccc32)c(SCC)c1. The van der Waals surface area contributed by atoms with Crippen molar-refractivity contribution in [3.63, 3.8) is 0 Å². The molecule has 2 amide bonds. The Morgan fingerprint density at radius 3 is 2.44 bits per heavy atom. The summed E-state index contributed by atoms with van der Waals surface area (Å²) in [4.78, 5) is 34.2. The third-order valence-electron chi connectivity index (χ3n) is 8.26. The van der Waals surface area contributed by atoms with Crippen LogP contribution in [0.2, 0.25) is 5.02 Å². The van der Waals surface area contributed by atoms with E-state index in [0.717, 1.165) is 27.8 Å². The molecule has 2 heterocycles. The van der Waals surface area contributed by atoms with Crippen molar-refractivity contribution in [3.8, 4) is 5.75 Å². The van der Waals surface area contributed by atoms with Crippen LogP contribution in [0.4, 0.5) is 5.69 Å².